The van der Waals surface area contributed by atoms with Gasteiger partial charge in [-0.3, -0.25) is 0 Å². The standard InChI is InChI=1S/C15H16BrF3N3O2PS/c1-2-22(9-25)26(23,24)11-4-5-13(12(16)7-11)21-14-6-3-10(8-20-14)15(17,18)19/h3-8H,2,9,25H2,1H3,(H,20,21). The summed E-state index contributed by atoms with van der Waals surface area (Å²) < 4.78 is 64.4. The van der Waals surface area contributed by atoms with Gasteiger partial charge in [0.2, 0.25) is 10.0 Å². The molecule has 0 amide bonds. The van der Waals surface area contributed by atoms with Crippen LogP contribution in [0.25, 0.3) is 0 Å². The molecule has 11 heteroatoms. The first-order valence-corrected chi connectivity index (χ1v) is 10.4. The first kappa shape index (κ1) is 21.1. The Hall–Kier alpha value is -1.22. The lowest BCUT2D eigenvalue weighted by Gasteiger charge is -2.19. The molecule has 0 spiro atoms. The van der Waals surface area contributed by atoms with Gasteiger partial charge in [0.15, 0.2) is 0 Å². The molecule has 2 rings (SSSR count). The lowest BCUT2D eigenvalue weighted by molar-refractivity contribution is -0.137. The van der Waals surface area contributed by atoms with E-state index in [2.05, 4.69) is 35.5 Å². The highest BCUT2D eigenvalue weighted by atomic mass is 79.9. The van der Waals surface area contributed by atoms with E-state index in [0.29, 0.717) is 16.7 Å². The molecule has 1 aromatic carbocycles. The van der Waals surface area contributed by atoms with E-state index in [1.54, 1.807) is 6.92 Å². The van der Waals surface area contributed by atoms with E-state index in [-0.39, 0.29) is 17.0 Å². The molecule has 5 nitrogen and oxygen atoms in total. The highest BCUT2D eigenvalue weighted by molar-refractivity contribution is 9.10. The third-order valence-electron chi connectivity index (χ3n) is 3.49. The molecule has 142 valence electrons. The van der Waals surface area contributed by atoms with Crippen molar-refractivity contribution in [3.8, 4) is 0 Å². The van der Waals surface area contributed by atoms with E-state index in [1.807, 2.05) is 0 Å². The fraction of sp³-hybridized carbons (Fsp3) is 0.267. The number of hydrogen-bond donors (Lipinski definition) is 1. The van der Waals surface area contributed by atoms with Crippen LogP contribution in [-0.4, -0.2) is 30.5 Å². The van der Waals surface area contributed by atoms with Gasteiger partial charge in [0, 0.05) is 23.5 Å². The van der Waals surface area contributed by atoms with Crippen molar-refractivity contribution >= 4 is 46.7 Å². The zero-order valence-corrected chi connectivity index (χ0v) is 17.1. The molecule has 0 bridgehead atoms. The Morgan fingerprint density at radius 1 is 1.27 bits per heavy atom. The number of pyridine rings is 1. The second-order valence-corrected chi connectivity index (χ2v) is 8.31. The summed E-state index contributed by atoms with van der Waals surface area (Å²) in [4.78, 5) is 3.84. The van der Waals surface area contributed by atoms with Crippen LogP contribution in [0, 0.1) is 0 Å². The molecule has 1 heterocycles. The quantitative estimate of drug-likeness (QED) is 0.634. The Morgan fingerprint density at radius 3 is 2.42 bits per heavy atom. The lowest BCUT2D eigenvalue weighted by Crippen LogP contribution is -2.29. The van der Waals surface area contributed by atoms with Gasteiger partial charge in [-0.25, -0.2) is 13.4 Å². The smallest absolute Gasteiger partial charge is 0.339 e. The SMILES string of the molecule is CCN(CP)S(=O)(=O)c1ccc(Nc2ccc(C(F)(F)F)cn2)c(Br)c1. The highest BCUT2D eigenvalue weighted by Gasteiger charge is 2.30. The first-order valence-electron chi connectivity index (χ1n) is 7.39. The highest BCUT2D eigenvalue weighted by Crippen LogP contribution is 2.31. The predicted octanol–water partition coefficient (Wildman–Crippen LogP) is 4.45. The summed E-state index contributed by atoms with van der Waals surface area (Å²) in [6, 6.07) is 6.50. The van der Waals surface area contributed by atoms with E-state index >= 15 is 0 Å². The van der Waals surface area contributed by atoms with Gasteiger partial charge in [0.25, 0.3) is 0 Å². The van der Waals surface area contributed by atoms with Gasteiger partial charge < -0.3 is 5.32 Å². The summed E-state index contributed by atoms with van der Waals surface area (Å²) in [5.74, 6) is 0.203. The van der Waals surface area contributed by atoms with Crippen LogP contribution in [0.5, 0.6) is 0 Å². The zero-order valence-electron chi connectivity index (χ0n) is 13.6. The number of rotatable bonds is 6. The van der Waals surface area contributed by atoms with Gasteiger partial charge >= 0.3 is 6.18 Å². The Labute approximate surface area is 160 Å². The molecular weight excluding hydrogens is 454 g/mol. The van der Waals surface area contributed by atoms with Crippen LogP contribution in [0.2, 0.25) is 0 Å². The number of nitrogens with one attached hydrogen (secondary N) is 1. The van der Waals surface area contributed by atoms with Crippen molar-refractivity contribution in [3.63, 3.8) is 0 Å². The van der Waals surface area contributed by atoms with Gasteiger partial charge in [-0.15, -0.1) is 9.24 Å². The van der Waals surface area contributed by atoms with Crippen molar-refractivity contribution in [2.24, 2.45) is 0 Å². The number of alkyl halides is 3. The fourth-order valence-electron chi connectivity index (χ4n) is 2.08. The largest absolute Gasteiger partial charge is 0.417 e. The molecule has 1 unspecified atom stereocenters. The Morgan fingerprint density at radius 2 is 1.96 bits per heavy atom. The molecule has 0 aliphatic rings. The molecule has 0 fully saturated rings. The average molecular weight is 470 g/mol. The van der Waals surface area contributed by atoms with Crippen LogP contribution in [-0.2, 0) is 16.2 Å². The lowest BCUT2D eigenvalue weighted by atomic mass is 10.2. The van der Waals surface area contributed by atoms with Gasteiger partial charge in [-0.2, -0.15) is 17.5 Å². The second kappa shape index (κ2) is 8.21. The minimum Gasteiger partial charge on any atom is -0.339 e. The van der Waals surface area contributed by atoms with Crippen molar-refractivity contribution in [1.29, 1.82) is 0 Å². The van der Waals surface area contributed by atoms with Crippen molar-refractivity contribution in [3.05, 3.63) is 46.6 Å². The zero-order chi connectivity index (χ0) is 19.5. The van der Waals surface area contributed by atoms with Crippen LogP contribution in [0.1, 0.15) is 12.5 Å². The van der Waals surface area contributed by atoms with Crippen LogP contribution < -0.4 is 5.32 Å². The number of halogens is 4. The summed E-state index contributed by atoms with van der Waals surface area (Å²) >= 11 is 3.28. The van der Waals surface area contributed by atoms with E-state index in [4.69, 9.17) is 0 Å². The molecule has 1 aromatic heterocycles. The maximum atomic E-state index is 12.6. The number of anilines is 2. The van der Waals surface area contributed by atoms with Gasteiger partial charge in [-0.05, 0) is 46.3 Å². The third-order valence-corrected chi connectivity index (χ3v) is 6.79. The van der Waals surface area contributed by atoms with Crippen LogP contribution >= 0.6 is 25.2 Å². The van der Waals surface area contributed by atoms with Crippen molar-refractivity contribution in [2.75, 3.05) is 18.1 Å². The van der Waals surface area contributed by atoms with Crippen molar-refractivity contribution in [1.82, 2.24) is 9.29 Å². The number of hydrogen-bond acceptors (Lipinski definition) is 4. The molecule has 0 saturated heterocycles. The van der Waals surface area contributed by atoms with E-state index < -0.39 is 21.8 Å². The Kier molecular flexibility index (Phi) is 6.65. The molecule has 0 aliphatic heterocycles. The van der Waals surface area contributed by atoms with Gasteiger partial charge in [-0.1, -0.05) is 6.92 Å². The molecule has 2 aromatic rings. The summed E-state index contributed by atoms with van der Waals surface area (Å²) in [6.45, 7) is 2.07. The molecule has 0 aliphatic carbocycles. The van der Waals surface area contributed by atoms with E-state index in [9.17, 15) is 21.6 Å². The van der Waals surface area contributed by atoms with Crippen LogP contribution in [0.4, 0.5) is 24.7 Å². The number of benzene rings is 1. The molecule has 26 heavy (non-hydrogen) atoms. The van der Waals surface area contributed by atoms with Crippen molar-refractivity contribution < 1.29 is 21.6 Å². The minimum absolute atomic E-state index is 0.111. The fourth-order valence-corrected chi connectivity index (χ4v) is 4.89. The molecule has 1 atom stereocenters. The maximum Gasteiger partial charge on any atom is 0.417 e. The van der Waals surface area contributed by atoms with Crippen molar-refractivity contribution in [2.45, 2.75) is 18.0 Å². The van der Waals surface area contributed by atoms with E-state index in [0.717, 1.165) is 12.3 Å². The Bertz CT molecular complexity index is 873. The Balaban J connectivity index is 2.25. The number of aromatic nitrogens is 1. The molecule has 0 radical (unpaired) electrons. The predicted molar refractivity (Wildman–Crippen MR) is 101 cm³/mol. The van der Waals surface area contributed by atoms with Gasteiger partial charge in [0.05, 0.1) is 16.1 Å². The normalized spacial score (nSPS) is 12.4. The monoisotopic (exact) mass is 469 g/mol. The van der Waals surface area contributed by atoms with Crippen LogP contribution in [0.15, 0.2) is 45.9 Å². The second-order valence-electron chi connectivity index (χ2n) is 5.15. The average Bonchev–Trinajstić information content (AvgIpc) is 2.57. The van der Waals surface area contributed by atoms with Crippen LogP contribution in [0.3, 0.4) is 0 Å². The molecule has 0 saturated carbocycles. The summed E-state index contributed by atoms with van der Waals surface area (Å²) in [5.41, 5.74) is -0.370. The summed E-state index contributed by atoms with van der Waals surface area (Å²) in [5, 5.41) is 2.85. The molecular formula is C15H16BrF3N3O2PS. The number of sulfonamides is 1. The topological polar surface area (TPSA) is 62.3 Å². The molecule has 1 N–H and O–H groups in total. The minimum atomic E-state index is -4.45. The first-order chi connectivity index (χ1) is 12.1. The third kappa shape index (κ3) is 4.73. The maximum absolute atomic E-state index is 12.6. The number of nitrogens with zero attached hydrogens (tertiary/aromatic N) is 2. The van der Waals surface area contributed by atoms with Gasteiger partial charge in [0.1, 0.15) is 5.82 Å². The summed E-state index contributed by atoms with van der Waals surface area (Å²) in [7, 11) is -1.25. The van der Waals surface area contributed by atoms with E-state index in [1.165, 1.54) is 28.6 Å². The summed E-state index contributed by atoms with van der Waals surface area (Å²) in [6.07, 6.45) is -3.45.